The van der Waals surface area contributed by atoms with Crippen LogP contribution in [0, 0.1) is 4.77 Å². The summed E-state index contributed by atoms with van der Waals surface area (Å²) in [4.78, 5) is 13.2. The van der Waals surface area contributed by atoms with Gasteiger partial charge >= 0.3 is 0 Å². The molecule has 0 aliphatic carbocycles. The van der Waals surface area contributed by atoms with Crippen LogP contribution in [0.1, 0.15) is 0 Å². The highest BCUT2D eigenvalue weighted by molar-refractivity contribution is 7.71. The summed E-state index contributed by atoms with van der Waals surface area (Å²) in [6.07, 6.45) is 9.32. The molecule has 27 heavy (non-hydrogen) atoms. The van der Waals surface area contributed by atoms with Crippen molar-refractivity contribution >= 4 is 18.0 Å². The molecule has 8 heteroatoms. The number of hydrogen-bond donors (Lipinski definition) is 0. The number of rotatable bonds is 5. The summed E-state index contributed by atoms with van der Waals surface area (Å²) in [5, 5.41) is 0. The van der Waals surface area contributed by atoms with E-state index in [2.05, 4.69) is 24.3 Å². The van der Waals surface area contributed by atoms with E-state index in [4.69, 9.17) is 17.0 Å². The molecule has 0 spiro atoms. The fourth-order valence-corrected chi connectivity index (χ4v) is 3.53. The highest BCUT2D eigenvalue weighted by Crippen LogP contribution is 2.17. The quantitative estimate of drug-likeness (QED) is 0.632. The minimum atomic E-state index is 0.788. The molecule has 0 saturated carbocycles. The first-order valence-electron chi connectivity index (χ1n) is 8.90. The average molecular weight is 382 g/mol. The fourth-order valence-electron chi connectivity index (χ4n) is 3.25. The van der Waals surface area contributed by atoms with Gasteiger partial charge in [0.25, 0.3) is 0 Å². The topological polar surface area (TPSA) is 51.4 Å². The van der Waals surface area contributed by atoms with E-state index in [-0.39, 0.29) is 0 Å². The average Bonchev–Trinajstić information content (AvgIpc) is 3.09. The molecule has 1 saturated heterocycles. The summed E-state index contributed by atoms with van der Waals surface area (Å²) < 4.78 is 10.1. The number of nitrogens with zero attached hydrogens (tertiary/aromatic N) is 6. The van der Waals surface area contributed by atoms with Crippen molar-refractivity contribution in [1.29, 1.82) is 0 Å². The molecule has 0 unspecified atom stereocenters. The minimum absolute atomic E-state index is 0.788. The molecule has 0 amide bonds. The van der Waals surface area contributed by atoms with E-state index in [9.17, 15) is 0 Å². The van der Waals surface area contributed by atoms with Gasteiger partial charge in [-0.05, 0) is 36.5 Å². The maximum absolute atomic E-state index is 5.68. The number of aromatic nitrogens is 4. The number of methoxy groups -OCH3 is 1. The van der Waals surface area contributed by atoms with Gasteiger partial charge in [-0.2, -0.15) is 0 Å². The van der Waals surface area contributed by atoms with E-state index in [1.54, 1.807) is 19.5 Å². The fraction of sp³-hybridized carbons (Fsp3) is 0.316. The van der Waals surface area contributed by atoms with Gasteiger partial charge < -0.3 is 14.2 Å². The number of hydrogen-bond acceptors (Lipinski definition) is 6. The molecule has 1 aliphatic heterocycles. The highest BCUT2D eigenvalue weighted by Gasteiger charge is 2.18. The van der Waals surface area contributed by atoms with Crippen LogP contribution in [-0.4, -0.2) is 57.3 Å². The van der Waals surface area contributed by atoms with E-state index in [0.29, 0.717) is 0 Å². The summed E-state index contributed by atoms with van der Waals surface area (Å²) in [6, 6.07) is 7.91. The van der Waals surface area contributed by atoms with Crippen LogP contribution in [0.25, 0.3) is 5.69 Å². The van der Waals surface area contributed by atoms with Gasteiger partial charge in [0.1, 0.15) is 11.6 Å². The Morgan fingerprint density at radius 2 is 1.81 bits per heavy atom. The van der Waals surface area contributed by atoms with E-state index >= 15 is 0 Å². The van der Waals surface area contributed by atoms with Gasteiger partial charge in [0.2, 0.25) is 0 Å². The van der Waals surface area contributed by atoms with Gasteiger partial charge in [0.05, 0.1) is 20.0 Å². The summed E-state index contributed by atoms with van der Waals surface area (Å²) in [7, 11) is 1.67. The first kappa shape index (κ1) is 17.7. The van der Waals surface area contributed by atoms with Crippen LogP contribution in [0.2, 0.25) is 0 Å². The number of piperazine rings is 1. The summed E-state index contributed by atoms with van der Waals surface area (Å²) in [5.74, 6) is 1.78. The first-order chi connectivity index (χ1) is 13.2. The second-order valence-electron chi connectivity index (χ2n) is 6.43. The van der Waals surface area contributed by atoms with Gasteiger partial charge in [-0.15, -0.1) is 0 Å². The molecular formula is C19H22N6OS. The molecular weight excluding hydrogens is 360 g/mol. The van der Waals surface area contributed by atoms with Crippen molar-refractivity contribution in [2.24, 2.45) is 0 Å². The molecule has 0 radical (unpaired) electrons. The third kappa shape index (κ3) is 3.86. The molecule has 4 rings (SSSR count). The van der Waals surface area contributed by atoms with E-state index in [1.807, 2.05) is 47.4 Å². The van der Waals surface area contributed by atoms with Crippen molar-refractivity contribution in [3.63, 3.8) is 0 Å². The summed E-state index contributed by atoms with van der Waals surface area (Å²) in [6.45, 7) is 4.59. The molecule has 1 aromatic carbocycles. The number of imidazole rings is 1. The summed E-state index contributed by atoms with van der Waals surface area (Å²) >= 11 is 5.68. The van der Waals surface area contributed by atoms with Crippen molar-refractivity contribution < 1.29 is 4.74 Å². The van der Waals surface area contributed by atoms with Crippen molar-refractivity contribution in [3.05, 3.63) is 60.0 Å². The zero-order chi connectivity index (χ0) is 18.6. The lowest BCUT2D eigenvalue weighted by atomic mass is 10.3. The Labute approximate surface area is 163 Å². The normalized spacial score (nSPS) is 15.1. The molecule has 2 aromatic heterocycles. The Bertz CT molecular complexity index is 929. The van der Waals surface area contributed by atoms with Gasteiger partial charge in [-0.25, -0.2) is 4.98 Å². The minimum Gasteiger partial charge on any atom is -0.497 e. The lowest BCUT2D eigenvalue weighted by Gasteiger charge is -2.35. The van der Waals surface area contributed by atoms with Crippen LogP contribution < -0.4 is 9.64 Å². The Kier molecular flexibility index (Phi) is 5.17. The summed E-state index contributed by atoms with van der Waals surface area (Å²) in [5.41, 5.74) is 1.03. The second-order valence-corrected chi connectivity index (χ2v) is 6.79. The maximum Gasteiger partial charge on any atom is 0.185 e. The van der Waals surface area contributed by atoms with Gasteiger partial charge in [-0.1, -0.05) is 0 Å². The molecule has 7 nitrogen and oxygen atoms in total. The predicted octanol–water partition coefficient (Wildman–Crippen LogP) is 2.59. The van der Waals surface area contributed by atoms with E-state index in [1.165, 1.54) is 0 Å². The Hall–Kier alpha value is -2.71. The lowest BCUT2D eigenvalue weighted by Crippen LogP contribution is -2.47. The molecule has 140 valence electrons. The molecule has 3 aromatic rings. The Morgan fingerprint density at radius 1 is 1.04 bits per heavy atom. The zero-order valence-electron chi connectivity index (χ0n) is 15.2. The molecule has 0 atom stereocenters. The van der Waals surface area contributed by atoms with E-state index in [0.717, 1.165) is 54.9 Å². The largest absolute Gasteiger partial charge is 0.497 e. The maximum atomic E-state index is 5.68. The smallest absolute Gasteiger partial charge is 0.185 e. The van der Waals surface area contributed by atoms with Gasteiger partial charge in [0, 0.05) is 56.7 Å². The van der Waals surface area contributed by atoms with Gasteiger partial charge in [-0.3, -0.25) is 14.5 Å². The van der Waals surface area contributed by atoms with Crippen molar-refractivity contribution in [2.75, 3.05) is 38.2 Å². The van der Waals surface area contributed by atoms with Crippen LogP contribution in [0.3, 0.4) is 0 Å². The standard InChI is InChI=1S/C19H22N6OS/c1-26-17-4-2-16(3-5-17)25-13-12-24(19(25)27)15-22-8-10-23(11-9-22)18-14-20-6-7-21-18/h2-7,12-14H,8-11,15H2,1H3. The zero-order valence-corrected chi connectivity index (χ0v) is 16.0. The monoisotopic (exact) mass is 382 g/mol. The van der Waals surface area contributed by atoms with Crippen LogP contribution in [-0.2, 0) is 6.67 Å². The van der Waals surface area contributed by atoms with Crippen LogP contribution in [0.15, 0.2) is 55.2 Å². The second kappa shape index (κ2) is 7.89. The number of anilines is 1. The van der Waals surface area contributed by atoms with Crippen LogP contribution in [0.5, 0.6) is 5.75 Å². The van der Waals surface area contributed by atoms with Crippen molar-refractivity contribution in [2.45, 2.75) is 6.67 Å². The SMILES string of the molecule is COc1ccc(-n2ccn(CN3CCN(c4cnccn4)CC3)c2=S)cc1. The molecule has 1 fully saturated rings. The number of ether oxygens (including phenoxy) is 1. The third-order valence-electron chi connectivity index (χ3n) is 4.80. The Morgan fingerprint density at radius 3 is 2.48 bits per heavy atom. The number of benzene rings is 1. The van der Waals surface area contributed by atoms with Crippen LogP contribution >= 0.6 is 12.2 Å². The molecule has 0 bridgehead atoms. The van der Waals surface area contributed by atoms with Crippen molar-refractivity contribution in [3.8, 4) is 11.4 Å². The first-order valence-corrected chi connectivity index (χ1v) is 9.31. The van der Waals surface area contributed by atoms with Gasteiger partial charge in [0.15, 0.2) is 4.77 Å². The predicted molar refractivity (Wildman–Crippen MR) is 107 cm³/mol. The molecule has 0 N–H and O–H groups in total. The molecule has 1 aliphatic rings. The highest BCUT2D eigenvalue weighted by atomic mass is 32.1. The lowest BCUT2D eigenvalue weighted by molar-refractivity contribution is 0.204. The van der Waals surface area contributed by atoms with E-state index < -0.39 is 0 Å². The molecule has 3 heterocycles. The Balaban J connectivity index is 1.41. The van der Waals surface area contributed by atoms with Crippen molar-refractivity contribution in [1.82, 2.24) is 24.0 Å². The van der Waals surface area contributed by atoms with Crippen LogP contribution in [0.4, 0.5) is 5.82 Å². The third-order valence-corrected chi connectivity index (χ3v) is 5.23.